The first-order valence-corrected chi connectivity index (χ1v) is 10.6. The Balaban J connectivity index is 1.51. The number of hydrogen-bond donors (Lipinski definition) is 1. The van der Waals surface area contributed by atoms with E-state index in [4.69, 9.17) is 0 Å². The van der Waals surface area contributed by atoms with Gasteiger partial charge in [0.25, 0.3) is 0 Å². The van der Waals surface area contributed by atoms with Gasteiger partial charge in [-0.1, -0.05) is 23.9 Å². The molecule has 2 heterocycles. The molecule has 29 heavy (non-hydrogen) atoms. The zero-order chi connectivity index (χ0) is 21.0. The number of pyridine rings is 1. The average Bonchev–Trinajstić information content (AvgIpc) is 3.03. The highest BCUT2D eigenvalue weighted by molar-refractivity contribution is 8.00. The van der Waals surface area contributed by atoms with Crippen LogP contribution in [0.4, 0.5) is 0 Å². The Bertz CT molecular complexity index is 1100. The van der Waals surface area contributed by atoms with Gasteiger partial charge in [-0.2, -0.15) is 5.26 Å². The highest BCUT2D eigenvalue weighted by Crippen LogP contribution is 2.26. The predicted octanol–water partition coefficient (Wildman–Crippen LogP) is 3.84. The van der Waals surface area contributed by atoms with Gasteiger partial charge in [0, 0.05) is 18.8 Å². The van der Waals surface area contributed by atoms with E-state index in [-0.39, 0.29) is 11.7 Å². The third-order valence-corrected chi connectivity index (χ3v) is 6.12. The molecule has 7 heteroatoms. The number of benzene rings is 1. The zero-order valence-corrected chi connectivity index (χ0v) is 18.1. The molecule has 0 aliphatic carbocycles. The number of imidazole rings is 1. The number of carbonyl (C=O) groups is 1. The van der Waals surface area contributed by atoms with Crippen molar-refractivity contribution in [3.05, 3.63) is 52.5 Å². The van der Waals surface area contributed by atoms with E-state index in [1.807, 2.05) is 45.9 Å². The minimum Gasteiger partial charge on any atom is -0.355 e. The summed E-state index contributed by atoms with van der Waals surface area (Å²) in [4.78, 5) is 21.3. The maximum atomic E-state index is 12.2. The molecule has 0 spiro atoms. The highest BCUT2D eigenvalue weighted by Gasteiger charge is 2.14. The number of nitrogens with one attached hydrogen (secondary N) is 1. The Hall–Kier alpha value is -2.85. The Morgan fingerprint density at radius 2 is 1.93 bits per heavy atom. The fraction of sp³-hybridized carbons (Fsp3) is 0.364. The number of fused-ring (bicyclic) bond motifs is 1. The average molecular weight is 408 g/mol. The van der Waals surface area contributed by atoms with Crippen LogP contribution in [0.2, 0.25) is 0 Å². The SMILES string of the molecule is Cc1nc(SCC(=O)NCCCn2c(C)nc3ccccc32)c(C#N)c(C)c1C. The molecule has 0 saturated heterocycles. The normalized spacial score (nSPS) is 10.9. The lowest BCUT2D eigenvalue weighted by molar-refractivity contribution is -0.118. The summed E-state index contributed by atoms with van der Waals surface area (Å²) in [6.45, 7) is 9.21. The van der Waals surface area contributed by atoms with Crippen molar-refractivity contribution in [3.8, 4) is 6.07 Å². The van der Waals surface area contributed by atoms with E-state index in [1.54, 1.807) is 0 Å². The quantitative estimate of drug-likeness (QED) is 0.475. The second-order valence-corrected chi connectivity index (χ2v) is 7.99. The van der Waals surface area contributed by atoms with Gasteiger partial charge in [0.05, 0.1) is 22.3 Å². The van der Waals surface area contributed by atoms with Crippen molar-refractivity contribution in [1.29, 1.82) is 5.26 Å². The molecular weight excluding hydrogens is 382 g/mol. The Kier molecular flexibility index (Phi) is 6.55. The summed E-state index contributed by atoms with van der Waals surface area (Å²) < 4.78 is 2.18. The first kappa shape index (κ1) is 20.9. The first-order valence-electron chi connectivity index (χ1n) is 9.61. The number of aromatic nitrogens is 3. The maximum Gasteiger partial charge on any atom is 0.230 e. The summed E-state index contributed by atoms with van der Waals surface area (Å²) in [7, 11) is 0. The number of thioether (sulfide) groups is 1. The van der Waals surface area contributed by atoms with Gasteiger partial charge in [-0.05, 0) is 57.4 Å². The molecule has 0 unspecified atom stereocenters. The van der Waals surface area contributed by atoms with Gasteiger partial charge in [0.2, 0.25) is 5.91 Å². The van der Waals surface area contributed by atoms with Crippen LogP contribution >= 0.6 is 11.8 Å². The van der Waals surface area contributed by atoms with Gasteiger partial charge in [-0.3, -0.25) is 4.79 Å². The summed E-state index contributed by atoms with van der Waals surface area (Å²) in [5.41, 5.74) is 5.53. The summed E-state index contributed by atoms with van der Waals surface area (Å²) in [5.74, 6) is 1.17. The third kappa shape index (κ3) is 4.60. The van der Waals surface area contributed by atoms with Gasteiger partial charge in [-0.15, -0.1) is 0 Å². The number of rotatable bonds is 7. The molecule has 1 N–H and O–H groups in total. The first-order chi connectivity index (χ1) is 13.9. The minimum absolute atomic E-state index is 0.0521. The number of aryl methyl sites for hydroxylation is 3. The number of carbonyl (C=O) groups excluding carboxylic acids is 1. The highest BCUT2D eigenvalue weighted by atomic mass is 32.2. The molecule has 1 aromatic carbocycles. The predicted molar refractivity (Wildman–Crippen MR) is 116 cm³/mol. The van der Waals surface area contributed by atoms with Crippen LogP contribution in [0.15, 0.2) is 29.3 Å². The van der Waals surface area contributed by atoms with Crippen molar-refractivity contribution < 1.29 is 4.79 Å². The molecule has 0 radical (unpaired) electrons. The standard InChI is InChI=1S/C22H25N5OS/c1-14-15(2)18(12-23)22(25-16(14)3)29-13-21(28)24-10-7-11-27-17(4)26-19-8-5-6-9-20(19)27/h5-6,8-9H,7,10-11,13H2,1-4H3,(H,24,28). The van der Waals surface area contributed by atoms with Gasteiger partial charge >= 0.3 is 0 Å². The van der Waals surface area contributed by atoms with Crippen LogP contribution in [0.25, 0.3) is 11.0 Å². The van der Waals surface area contributed by atoms with Crippen LogP contribution in [0.3, 0.4) is 0 Å². The van der Waals surface area contributed by atoms with Crippen LogP contribution in [0, 0.1) is 39.0 Å². The van der Waals surface area contributed by atoms with Gasteiger partial charge in [-0.25, -0.2) is 9.97 Å². The van der Waals surface area contributed by atoms with Crippen LogP contribution in [0.1, 0.15) is 34.6 Å². The number of amides is 1. The molecule has 0 aliphatic heterocycles. The molecule has 3 rings (SSSR count). The topological polar surface area (TPSA) is 83.6 Å². The van der Waals surface area contributed by atoms with Gasteiger partial charge in [0.1, 0.15) is 16.9 Å². The lowest BCUT2D eigenvalue weighted by Gasteiger charge is -2.11. The van der Waals surface area contributed by atoms with Crippen molar-refractivity contribution in [3.63, 3.8) is 0 Å². The number of para-hydroxylation sites is 2. The summed E-state index contributed by atoms with van der Waals surface area (Å²) in [6.07, 6.45) is 0.821. The second kappa shape index (κ2) is 9.10. The summed E-state index contributed by atoms with van der Waals surface area (Å²) in [5, 5.41) is 13.0. The van der Waals surface area contributed by atoms with E-state index in [0.717, 1.165) is 46.6 Å². The van der Waals surface area contributed by atoms with Crippen LogP contribution < -0.4 is 5.32 Å². The van der Waals surface area contributed by atoms with Crippen molar-refractivity contribution in [2.45, 2.75) is 45.7 Å². The number of hydrogen-bond acceptors (Lipinski definition) is 5. The molecule has 0 saturated carbocycles. The monoisotopic (exact) mass is 407 g/mol. The molecule has 0 aliphatic rings. The zero-order valence-electron chi connectivity index (χ0n) is 17.2. The molecule has 150 valence electrons. The fourth-order valence-corrected chi connectivity index (χ4v) is 4.19. The van der Waals surface area contributed by atoms with Crippen LogP contribution in [0.5, 0.6) is 0 Å². The number of nitriles is 1. The third-order valence-electron chi connectivity index (χ3n) is 5.14. The van der Waals surface area contributed by atoms with E-state index in [0.29, 0.717) is 17.1 Å². The molecule has 2 aromatic heterocycles. The molecule has 6 nitrogen and oxygen atoms in total. The molecular formula is C22H25N5OS. The largest absolute Gasteiger partial charge is 0.355 e. The van der Waals surface area contributed by atoms with E-state index < -0.39 is 0 Å². The maximum absolute atomic E-state index is 12.2. The smallest absolute Gasteiger partial charge is 0.230 e. The summed E-state index contributed by atoms with van der Waals surface area (Å²) >= 11 is 1.32. The molecule has 0 fully saturated rings. The molecule has 1 amide bonds. The lowest BCUT2D eigenvalue weighted by atomic mass is 10.1. The van der Waals surface area contributed by atoms with E-state index >= 15 is 0 Å². The molecule has 0 bridgehead atoms. The van der Waals surface area contributed by atoms with Crippen LogP contribution in [-0.4, -0.2) is 32.7 Å². The van der Waals surface area contributed by atoms with Crippen molar-refractivity contribution in [2.24, 2.45) is 0 Å². The van der Waals surface area contributed by atoms with E-state index in [2.05, 4.69) is 32.0 Å². The molecule has 0 atom stereocenters. The van der Waals surface area contributed by atoms with Gasteiger partial charge in [0.15, 0.2) is 0 Å². The van der Waals surface area contributed by atoms with Crippen molar-refractivity contribution >= 4 is 28.7 Å². The number of nitrogens with zero attached hydrogens (tertiary/aromatic N) is 4. The van der Waals surface area contributed by atoms with Crippen LogP contribution in [-0.2, 0) is 11.3 Å². The fourth-order valence-electron chi connectivity index (χ4n) is 3.28. The Morgan fingerprint density at radius 1 is 1.17 bits per heavy atom. The van der Waals surface area contributed by atoms with E-state index in [1.165, 1.54) is 11.8 Å². The molecule has 3 aromatic rings. The Labute approximate surface area is 175 Å². The van der Waals surface area contributed by atoms with Crippen molar-refractivity contribution in [2.75, 3.05) is 12.3 Å². The van der Waals surface area contributed by atoms with Gasteiger partial charge < -0.3 is 9.88 Å². The Morgan fingerprint density at radius 3 is 2.69 bits per heavy atom. The minimum atomic E-state index is -0.0521. The second-order valence-electron chi connectivity index (χ2n) is 7.03. The van der Waals surface area contributed by atoms with Crippen molar-refractivity contribution in [1.82, 2.24) is 19.9 Å². The summed E-state index contributed by atoms with van der Waals surface area (Å²) in [6, 6.07) is 10.3. The lowest BCUT2D eigenvalue weighted by Crippen LogP contribution is -2.27. The van der Waals surface area contributed by atoms with E-state index in [9.17, 15) is 10.1 Å².